The first-order valence-corrected chi connectivity index (χ1v) is 18.4. The standard InChI is InChI=1S/C40H57N5O3/c1-37-18-7-20-39(3,32(37)16-12-25-10-14-27(42)23-29(25)37)35(47)45-36(48)40(4)21-8-19-38(2)30-24-28(15-11-26(30)13-17-33(38)40)44-34(46)31(43)9-5-6-22-41/h10-11,14-15,23-24,31-33H,5-9,12-13,16-22,41-43H2,1-4H3,(H,44,46)(H,45,47,48)/t31-,32+,33+,37+,38+,39-,40-/m0/s1. The van der Waals surface area contributed by atoms with Gasteiger partial charge in [0.1, 0.15) is 0 Å². The number of nitrogens with one attached hydrogen (secondary N) is 2. The number of carbonyl (C=O) groups excluding carboxylic acids is 3. The lowest BCUT2D eigenvalue weighted by Gasteiger charge is -2.56. The molecule has 2 saturated carbocycles. The van der Waals surface area contributed by atoms with Gasteiger partial charge in [0, 0.05) is 11.4 Å². The first kappa shape index (κ1) is 34.6. The van der Waals surface area contributed by atoms with Crippen LogP contribution in [0.15, 0.2) is 36.4 Å². The molecule has 0 radical (unpaired) electrons. The predicted molar refractivity (Wildman–Crippen MR) is 192 cm³/mol. The van der Waals surface area contributed by atoms with Gasteiger partial charge in [-0.3, -0.25) is 19.7 Å². The quantitative estimate of drug-likeness (QED) is 0.133. The largest absolute Gasteiger partial charge is 0.399 e. The van der Waals surface area contributed by atoms with Crippen molar-refractivity contribution >= 4 is 29.1 Å². The number of rotatable bonds is 8. The van der Waals surface area contributed by atoms with Gasteiger partial charge in [-0.05, 0) is 140 Å². The first-order chi connectivity index (χ1) is 22.8. The van der Waals surface area contributed by atoms with E-state index in [1.165, 1.54) is 22.3 Å². The highest BCUT2D eigenvalue weighted by molar-refractivity contribution is 6.01. The summed E-state index contributed by atoms with van der Waals surface area (Å²) in [5.41, 5.74) is 22.9. The van der Waals surface area contributed by atoms with Crippen LogP contribution in [0.2, 0.25) is 0 Å². The maximum absolute atomic E-state index is 14.5. The van der Waals surface area contributed by atoms with Crippen molar-refractivity contribution in [1.82, 2.24) is 5.32 Å². The smallest absolute Gasteiger partial charge is 0.241 e. The summed E-state index contributed by atoms with van der Waals surface area (Å²) in [5, 5.41) is 6.10. The second-order valence-corrected chi connectivity index (χ2v) is 16.5. The highest BCUT2D eigenvalue weighted by Crippen LogP contribution is 2.59. The van der Waals surface area contributed by atoms with Gasteiger partial charge in [-0.15, -0.1) is 0 Å². The highest BCUT2D eigenvalue weighted by Gasteiger charge is 2.58. The average molecular weight is 656 g/mol. The molecule has 0 unspecified atom stereocenters. The van der Waals surface area contributed by atoms with E-state index in [2.05, 4.69) is 62.6 Å². The Morgan fingerprint density at radius 3 is 1.90 bits per heavy atom. The van der Waals surface area contributed by atoms with E-state index in [1.807, 2.05) is 12.1 Å². The Morgan fingerprint density at radius 2 is 1.33 bits per heavy atom. The minimum atomic E-state index is -0.688. The van der Waals surface area contributed by atoms with Crippen molar-refractivity contribution in [3.63, 3.8) is 0 Å². The molecule has 4 aliphatic carbocycles. The molecule has 8 heteroatoms. The van der Waals surface area contributed by atoms with Crippen LogP contribution in [0.5, 0.6) is 0 Å². The fraction of sp³-hybridized carbons (Fsp3) is 0.625. The van der Waals surface area contributed by atoms with Crippen molar-refractivity contribution in [2.24, 2.45) is 34.1 Å². The van der Waals surface area contributed by atoms with Crippen LogP contribution in [0.1, 0.15) is 121 Å². The SMILES string of the molecule is C[C@]1(C(=O)NC(=O)[C@@]2(C)CCC[C@]3(C)c4cc(NC(=O)[C@@H](N)CCCCN)ccc4CC[C@@H]23)CCC[C@]2(C)c3cc(N)ccc3CC[C@@H]12. The van der Waals surface area contributed by atoms with Crippen LogP contribution in [-0.4, -0.2) is 30.3 Å². The zero-order valence-electron chi connectivity index (χ0n) is 29.6. The van der Waals surface area contributed by atoms with Crippen molar-refractivity contribution in [2.45, 2.75) is 128 Å². The number of nitrogens with two attached hydrogens (primary N) is 3. The molecule has 7 atom stereocenters. The van der Waals surface area contributed by atoms with Crippen LogP contribution in [0, 0.1) is 22.7 Å². The molecule has 6 rings (SSSR count). The van der Waals surface area contributed by atoms with Gasteiger partial charge < -0.3 is 22.5 Å². The molecule has 3 amide bonds. The second kappa shape index (κ2) is 12.9. The fourth-order valence-electron chi connectivity index (χ4n) is 10.8. The van der Waals surface area contributed by atoms with Gasteiger partial charge >= 0.3 is 0 Å². The number of hydrogen-bond donors (Lipinski definition) is 5. The summed E-state index contributed by atoms with van der Waals surface area (Å²) in [6.45, 7) is 9.36. The van der Waals surface area contributed by atoms with Crippen molar-refractivity contribution in [3.8, 4) is 0 Å². The maximum atomic E-state index is 14.5. The third kappa shape index (κ3) is 5.77. The molecule has 260 valence electrons. The molecule has 0 aromatic heterocycles. The van der Waals surface area contributed by atoms with Gasteiger partial charge in [-0.1, -0.05) is 59.1 Å². The van der Waals surface area contributed by atoms with Crippen molar-refractivity contribution in [3.05, 3.63) is 58.7 Å². The second-order valence-electron chi connectivity index (χ2n) is 16.5. The van der Waals surface area contributed by atoms with Crippen molar-refractivity contribution in [2.75, 3.05) is 17.6 Å². The summed E-state index contributed by atoms with van der Waals surface area (Å²) >= 11 is 0. The number of nitrogen functional groups attached to an aromatic ring is 1. The van der Waals surface area contributed by atoms with E-state index in [0.717, 1.165) is 88.4 Å². The molecule has 8 N–H and O–H groups in total. The van der Waals surface area contributed by atoms with E-state index in [9.17, 15) is 14.4 Å². The number of anilines is 2. The molecule has 2 aromatic rings. The Balaban J connectivity index is 1.21. The minimum Gasteiger partial charge on any atom is -0.399 e. The van der Waals surface area contributed by atoms with E-state index < -0.39 is 16.9 Å². The summed E-state index contributed by atoms with van der Waals surface area (Å²) in [6.07, 6.45) is 11.2. The Hall–Kier alpha value is -3.23. The lowest BCUT2D eigenvalue weighted by molar-refractivity contribution is -0.150. The lowest BCUT2D eigenvalue weighted by atomic mass is 9.49. The first-order valence-electron chi connectivity index (χ1n) is 18.4. The molecule has 0 bridgehead atoms. The molecular weight excluding hydrogens is 598 g/mol. The number of unbranched alkanes of at least 4 members (excludes halogenated alkanes) is 1. The van der Waals surface area contributed by atoms with E-state index in [1.54, 1.807) is 0 Å². The van der Waals surface area contributed by atoms with Gasteiger partial charge in [0.05, 0.1) is 16.9 Å². The van der Waals surface area contributed by atoms with Crippen LogP contribution in [0.25, 0.3) is 0 Å². The van der Waals surface area contributed by atoms with Crippen LogP contribution in [0.3, 0.4) is 0 Å². The average Bonchev–Trinajstić information content (AvgIpc) is 3.05. The molecule has 0 heterocycles. The van der Waals surface area contributed by atoms with Gasteiger partial charge in [-0.25, -0.2) is 0 Å². The number of fused-ring (bicyclic) bond motifs is 6. The topological polar surface area (TPSA) is 153 Å². The van der Waals surface area contributed by atoms with E-state index in [4.69, 9.17) is 17.2 Å². The summed E-state index contributed by atoms with van der Waals surface area (Å²) in [7, 11) is 0. The summed E-state index contributed by atoms with van der Waals surface area (Å²) < 4.78 is 0. The van der Waals surface area contributed by atoms with Gasteiger partial charge in [0.2, 0.25) is 17.7 Å². The summed E-state index contributed by atoms with van der Waals surface area (Å²) in [6, 6.07) is 11.9. The Kier molecular flexibility index (Phi) is 9.31. The van der Waals surface area contributed by atoms with Crippen molar-refractivity contribution in [1.29, 1.82) is 0 Å². The fourth-order valence-corrected chi connectivity index (χ4v) is 10.8. The number of carbonyl (C=O) groups is 3. The van der Waals surface area contributed by atoms with Crippen molar-refractivity contribution < 1.29 is 14.4 Å². The molecule has 4 aliphatic rings. The zero-order valence-corrected chi connectivity index (χ0v) is 29.6. The number of aryl methyl sites for hydroxylation is 2. The Morgan fingerprint density at radius 1 is 0.792 bits per heavy atom. The van der Waals surface area contributed by atoms with E-state index >= 15 is 0 Å². The number of amides is 3. The predicted octanol–water partition coefficient (Wildman–Crippen LogP) is 6.03. The Bertz CT molecular complexity index is 1590. The molecule has 0 spiro atoms. The number of imide groups is 1. The summed E-state index contributed by atoms with van der Waals surface area (Å²) in [4.78, 5) is 41.8. The monoisotopic (exact) mass is 655 g/mol. The van der Waals surface area contributed by atoms with Crippen LogP contribution in [0.4, 0.5) is 11.4 Å². The molecule has 8 nitrogen and oxygen atoms in total. The minimum absolute atomic E-state index is 0.0671. The third-order valence-electron chi connectivity index (χ3n) is 13.6. The summed E-state index contributed by atoms with van der Waals surface area (Å²) in [5.74, 6) is -0.234. The molecule has 48 heavy (non-hydrogen) atoms. The molecule has 2 aromatic carbocycles. The van der Waals surface area contributed by atoms with E-state index in [0.29, 0.717) is 13.0 Å². The van der Waals surface area contributed by atoms with Crippen LogP contribution in [-0.2, 0) is 38.1 Å². The van der Waals surface area contributed by atoms with Crippen LogP contribution >= 0.6 is 0 Å². The molecule has 0 saturated heterocycles. The maximum Gasteiger partial charge on any atom is 0.241 e. The molecular formula is C40H57N5O3. The Labute approximate surface area is 286 Å². The third-order valence-corrected chi connectivity index (χ3v) is 13.6. The van der Waals surface area contributed by atoms with Gasteiger partial charge in [0.15, 0.2) is 0 Å². The van der Waals surface area contributed by atoms with Gasteiger partial charge in [-0.2, -0.15) is 0 Å². The normalized spacial score (nSPS) is 32.9. The van der Waals surface area contributed by atoms with E-state index in [-0.39, 0.29) is 40.4 Å². The molecule has 2 fully saturated rings. The number of benzene rings is 2. The zero-order chi connectivity index (χ0) is 34.5. The molecule has 0 aliphatic heterocycles. The van der Waals surface area contributed by atoms with Gasteiger partial charge in [0.25, 0.3) is 0 Å². The lowest BCUT2D eigenvalue weighted by Crippen LogP contribution is -2.60. The highest BCUT2D eigenvalue weighted by atomic mass is 16.2. The number of hydrogen-bond acceptors (Lipinski definition) is 6. The van der Waals surface area contributed by atoms with Crippen LogP contribution < -0.4 is 27.8 Å².